The quantitative estimate of drug-likeness (QED) is 0.130. The summed E-state index contributed by atoms with van der Waals surface area (Å²) >= 11 is 0. The molecule has 1 aromatic heterocycles. The topological polar surface area (TPSA) is 13.1 Å². The van der Waals surface area contributed by atoms with Crippen molar-refractivity contribution in [3.63, 3.8) is 0 Å². The summed E-state index contributed by atoms with van der Waals surface area (Å²) in [6.45, 7) is 0. The number of rotatable bonds is 2. The molecule has 0 saturated carbocycles. The maximum absolute atomic E-state index is 6.42. The molecule has 13 aromatic rings. The first-order valence-electron chi connectivity index (χ1n) is 19.1. The highest BCUT2D eigenvalue weighted by Crippen LogP contribution is 2.48. The average molecular weight is 695 g/mol. The average Bonchev–Trinajstić information content (AvgIpc) is 3.61. The van der Waals surface area contributed by atoms with Crippen molar-refractivity contribution in [2.24, 2.45) is 0 Å². The molecule has 12 aromatic carbocycles. The van der Waals surface area contributed by atoms with Gasteiger partial charge in [0, 0.05) is 10.8 Å². The Kier molecular flexibility index (Phi) is 5.69. The number of fused-ring (bicyclic) bond motifs is 7. The highest BCUT2D eigenvalue weighted by Gasteiger charge is 2.21. The van der Waals surface area contributed by atoms with E-state index in [1.807, 2.05) is 6.07 Å². The van der Waals surface area contributed by atoms with Gasteiger partial charge in [0.15, 0.2) is 0 Å². The summed E-state index contributed by atoms with van der Waals surface area (Å²) in [6, 6.07) is 67.6. The number of para-hydroxylation sites is 1. The minimum Gasteiger partial charge on any atom is -0.456 e. The molecule has 1 nitrogen and oxygen atoms in total. The van der Waals surface area contributed by atoms with Gasteiger partial charge in [0.25, 0.3) is 0 Å². The summed E-state index contributed by atoms with van der Waals surface area (Å²) in [6.07, 6.45) is 0. The Morgan fingerprint density at radius 1 is 0.236 bits per heavy atom. The Hall–Kier alpha value is -7.22. The van der Waals surface area contributed by atoms with Gasteiger partial charge in [-0.15, -0.1) is 0 Å². The largest absolute Gasteiger partial charge is 0.456 e. The van der Waals surface area contributed by atoms with Crippen LogP contribution in [0.5, 0.6) is 0 Å². The molecular weight excluding hydrogens is 665 g/mol. The lowest BCUT2D eigenvalue weighted by molar-refractivity contribution is 0.669. The molecule has 0 spiro atoms. The SMILES string of the molecule is c1ccc2c(c1)oc1cc(-c3c4ccccc4c(-c4cc5ccc6cccc7c8cccc9ccc%10cccc(c(c4)c5c67)c%10c98)c4ccccc34)ccc12. The van der Waals surface area contributed by atoms with E-state index in [1.165, 1.54) is 103 Å². The minimum atomic E-state index is 0.911. The van der Waals surface area contributed by atoms with Crippen LogP contribution in [0.4, 0.5) is 0 Å². The first-order chi connectivity index (χ1) is 27.3. The Labute approximate surface area is 315 Å². The predicted molar refractivity (Wildman–Crippen MR) is 236 cm³/mol. The van der Waals surface area contributed by atoms with Crippen LogP contribution >= 0.6 is 0 Å². The fraction of sp³-hybridized carbons (Fsp3) is 0. The predicted octanol–water partition coefficient (Wildman–Crippen LogP) is 15.6. The molecule has 13 rings (SSSR count). The van der Waals surface area contributed by atoms with E-state index in [0.717, 1.165) is 27.5 Å². The van der Waals surface area contributed by atoms with Crippen LogP contribution in [0.15, 0.2) is 186 Å². The van der Waals surface area contributed by atoms with Crippen LogP contribution in [0, 0.1) is 0 Å². The Morgan fingerprint density at radius 2 is 0.673 bits per heavy atom. The van der Waals surface area contributed by atoms with Gasteiger partial charge in [-0.2, -0.15) is 0 Å². The summed E-state index contributed by atoms with van der Waals surface area (Å²) in [7, 11) is 0. The Balaban J connectivity index is 1.19. The van der Waals surface area contributed by atoms with Crippen molar-refractivity contribution in [2.75, 3.05) is 0 Å². The van der Waals surface area contributed by atoms with E-state index in [-0.39, 0.29) is 0 Å². The van der Waals surface area contributed by atoms with E-state index in [0.29, 0.717) is 0 Å². The third kappa shape index (κ3) is 3.92. The van der Waals surface area contributed by atoms with Crippen molar-refractivity contribution in [2.45, 2.75) is 0 Å². The molecule has 1 heterocycles. The summed E-state index contributed by atoms with van der Waals surface area (Å²) in [5.41, 5.74) is 6.71. The molecule has 0 unspecified atom stereocenters. The number of hydrogen-bond acceptors (Lipinski definition) is 1. The van der Waals surface area contributed by atoms with E-state index >= 15 is 0 Å². The zero-order valence-corrected chi connectivity index (χ0v) is 29.7. The molecule has 55 heavy (non-hydrogen) atoms. The van der Waals surface area contributed by atoms with Crippen molar-refractivity contribution in [1.82, 2.24) is 0 Å². The highest BCUT2D eigenvalue weighted by molar-refractivity contribution is 6.37. The van der Waals surface area contributed by atoms with Gasteiger partial charge in [-0.1, -0.05) is 152 Å². The second kappa shape index (κ2) is 10.7. The van der Waals surface area contributed by atoms with E-state index < -0.39 is 0 Å². The van der Waals surface area contributed by atoms with Gasteiger partial charge in [-0.05, 0) is 139 Å². The zero-order valence-electron chi connectivity index (χ0n) is 29.7. The van der Waals surface area contributed by atoms with Gasteiger partial charge in [0.05, 0.1) is 0 Å². The van der Waals surface area contributed by atoms with Gasteiger partial charge in [0.1, 0.15) is 11.2 Å². The van der Waals surface area contributed by atoms with E-state index in [9.17, 15) is 0 Å². The second-order valence-corrected chi connectivity index (χ2v) is 15.1. The molecule has 252 valence electrons. The van der Waals surface area contributed by atoms with Gasteiger partial charge in [-0.3, -0.25) is 0 Å². The Bertz CT molecular complexity index is 3710. The molecule has 1 heteroatoms. The van der Waals surface area contributed by atoms with Crippen LogP contribution in [0.3, 0.4) is 0 Å². The Morgan fingerprint density at radius 3 is 1.25 bits per heavy atom. The summed E-state index contributed by atoms with van der Waals surface area (Å²) in [4.78, 5) is 0. The standard InChI is InChI=1S/C54H30O/c1-3-16-41-39(14-1)49(35-26-27-38-37-13-5-6-21-47(37)55-48(38)30-35)40-15-2-4-17-42(40)50(41)36-28-34-25-24-33-11-8-19-44-43-18-7-10-31-22-23-32-12-9-20-45(53(32)51(31)43)46(29-36)54(34)52(33)44/h1-30H. The summed E-state index contributed by atoms with van der Waals surface area (Å²) < 4.78 is 6.42. The molecule has 0 aliphatic heterocycles. The lowest BCUT2D eigenvalue weighted by Gasteiger charge is -2.20. The highest BCUT2D eigenvalue weighted by atomic mass is 16.3. The van der Waals surface area contributed by atoms with Crippen molar-refractivity contribution in [3.05, 3.63) is 182 Å². The molecule has 0 fully saturated rings. The lowest BCUT2D eigenvalue weighted by Crippen LogP contribution is -1.92. The van der Waals surface area contributed by atoms with E-state index in [1.54, 1.807) is 0 Å². The third-order valence-corrected chi connectivity index (χ3v) is 12.3. The maximum atomic E-state index is 6.42. The molecule has 0 saturated heterocycles. The zero-order chi connectivity index (χ0) is 35.8. The van der Waals surface area contributed by atoms with E-state index in [2.05, 4.69) is 176 Å². The van der Waals surface area contributed by atoms with Crippen molar-refractivity contribution in [3.8, 4) is 22.3 Å². The van der Waals surface area contributed by atoms with Crippen LogP contribution in [0.2, 0.25) is 0 Å². The van der Waals surface area contributed by atoms with Crippen LogP contribution in [0.25, 0.3) is 130 Å². The normalized spacial score (nSPS) is 12.4. The van der Waals surface area contributed by atoms with Crippen LogP contribution < -0.4 is 0 Å². The van der Waals surface area contributed by atoms with Crippen LogP contribution in [-0.4, -0.2) is 0 Å². The third-order valence-electron chi connectivity index (χ3n) is 12.3. The number of furan rings is 1. The fourth-order valence-electron chi connectivity index (χ4n) is 10.1. The van der Waals surface area contributed by atoms with Crippen molar-refractivity contribution >= 4 is 108 Å². The maximum Gasteiger partial charge on any atom is 0.136 e. The molecule has 0 aliphatic rings. The number of hydrogen-bond donors (Lipinski definition) is 0. The molecule has 0 amide bonds. The fourth-order valence-corrected chi connectivity index (χ4v) is 10.1. The van der Waals surface area contributed by atoms with Crippen molar-refractivity contribution < 1.29 is 4.42 Å². The van der Waals surface area contributed by atoms with Gasteiger partial charge < -0.3 is 4.42 Å². The van der Waals surface area contributed by atoms with Crippen LogP contribution in [-0.2, 0) is 0 Å². The number of benzene rings is 11. The molecule has 0 N–H and O–H groups in total. The molecule has 0 aliphatic carbocycles. The van der Waals surface area contributed by atoms with Crippen molar-refractivity contribution in [1.29, 1.82) is 0 Å². The molecule has 0 atom stereocenters. The van der Waals surface area contributed by atoms with Gasteiger partial charge in [0.2, 0.25) is 0 Å². The summed E-state index contributed by atoms with van der Waals surface area (Å²) in [5.74, 6) is 0. The second-order valence-electron chi connectivity index (χ2n) is 15.1. The minimum absolute atomic E-state index is 0.911. The van der Waals surface area contributed by atoms with Crippen LogP contribution in [0.1, 0.15) is 0 Å². The molecule has 0 bridgehead atoms. The first kappa shape index (κ1) is 29.3. The first-order valence-corrected chi connectivity index (χ1v) is 19.1. The van der Waals surface area contributed by atoms with Gasteiger partial charge >= 0.3 is 0 Å². The summed E-state index contributed by atoms with van der Waals surface area (Å²) in [5, 5.41) is 22.8. The van der Waals surface area contributed by atoms with Gasteiger partial charge in [-0.25, -0.2) is 0 Å². The molecule has 0 radical (unpaired) electrons. The van der Waals surface area contributed by atoms with E-state index in [4.69, 9.17) is 4.42 Å². The lowest BCUT2D eigenvalue weighted by atomic mass is 9.83. The molecular formula is C54H30O. The monoisotopic (exact) mass is 694 g/mol. The smallest absolute Gasteiger partial charge is 0.136 e.